The largest absolute Gasteiger partial charge is 0.481 e. The molecule has 0 heterocycles. The van der Waals surface area contributed by atoms with Crippen LogP contribution in [0.25, 0.3) is 0 Å². The van der Waals surface area contributed by atoms with Gasteiger partial charge in [-0.1, -0.05) is 38.0 Å². The Labute approximate surface area is 134 Å². The zero-order valence-corrected chi connectivity index (χ0v) is 14.3. The first-order valence-corrected chi connectivity index (χ1v) is 8.83. The van der Waals surface area contributed by atoms with Gasteiger partial charge in [0.15, 0.2) is 0 Å². The van der Waals surface area contributed by atoms with Crippen LogP contribution in [-0.4, -0.2) is 11.1 Å². The van der Waals surface area contributed by atoms with Crippen LogP contribution in [0.1, 0.15) is 65.7 Å². The molecule has 3 aliphatic rings. The smallest absolute Gasteiger partial charge is 0.309 e. The van der Waals surface area contributed by atoms with E-state index >= 15 is 0 Å². The molecule has 0 radical (unpaired) electrons. The number of carboxylic acid groups (broad SMARTS) is 1. The average molecular weight is 302 g/mol. The third kappa shape index (κ3) is 2.10. The molecule has 0 unspecified atom stereocenters. The minimum atomic E-state index is -0.589. The molecule has 2 saturated carbocycles. The molecule has 3 rings (SSSR count). The van der Waals surface area contributed by atoms with E-state index in [0.717, 1.165) is 38.5 Å². The number of aliphatic carboxylic acids is 1. The van der Waals surface area contributed by atoms with Crippen molar-refractivity contribution >= 4 is 5.97 Å². The van der Waals surface area contributed by atoms with Gasteiger partial charge in [0.1, 0.15) is 0 Å². The first kappa shape index (κ1) is 15.8. The van der Waals surface area contributed by atoms with Crippen LogP contribution in [0.3, 0.4) is 0 Å². The van der Waals surface area contributed by atoms with Crippen LogP contribution in [0.5, 0.6) is 0 Å². The van der Waals surface area contributed by atoms with Crippen molar-refractivity contribution in [2.24, 2.45) is 28.1 Å². The minimum absolute atomic E-state index is 0.0941. The van der Waals surface area contributed by atoms with Gasteiger partial charge in [0.25, 0.3) is 0 Å². The molecular formula is C20H30O2. The van der Waals surface area contributed by atoms with Crippen LogP contribution in [0.2, 0.25) is 0 Å². The maximum absolute atomic E-state index is 11.9. The summed E-state index contributed by atoms with van der Waals surface area (Å²) in [6.07, 6.45) is 12.1. The van der Waals surface area contributed by atoms with Gasteiger partial charge in [0.05, 0.1) is 5.41 Å². The molecule has 2 nitrogen and oxygen atoms in total. The quantitative estimate of drug-likeness (QED) is 0.711. The fraction of sp³-hybridized carbons (Fsp3) is 0.750. The van der Waals surface area contributed by atoms with E-state index in [2.05, 4.69) is 32.6 Å². The predicted molar refractivity (Wildman–Crippen MR) is 89.5 cm³/mol. The first-order valence-electron chi connectivity index (χ1n) is 8.83. The van der Waals surface area contributed by atoms with Crippen molar-refractivity contribution in [3.05, 3.63) is 24.3 Å². The summed E-state index contributed by atoms with van der Waals surface area (Å²) in [7, 11) is 0. The predicted octanol–water partition coefficient (Wildman–Crippen LogP) is 5.21. The van der Waals surface area contributed by atoms with Gasteiger partial charge < -0.3 is 5.11 Å². The highest BCUT2D eigenvalue weighted by Crippen LogP contribution is 2.63. The molecule has 0 aromatic rings. The van der Waals surface area contributed by atoms with E-state index in [4.69, 9.17) is 0 Å². The van der Waals surface area contributed by atoms with Gasteiger partial charge in [-0.3, -0.25) is 4.79 Å². The molecule has 2 fully saturated rings. The van der Waals surface area contributed by atoms with Gasteiger partial charge in [-0.25, -0.2) is 0 Å². The Morgan fingerprint density at radius 2 is 2.05 bits per heavy atom. The lowest BCUT2D eigenvalue weighted by Crippen LogP contribution is -2.52. The number of hydrogen-bond donors (Lipinski definition) is 1. The topological polar surface area (TPSA) is 37.3 Å². The van der Waals surface area contributed by atoms with Gasteiger partial charge in [-0.15, -0.1) is 6.58 Å². The number of allylic oxidation sites excluding steroid dienone is 3. The second-order valence-corrected chi connectivity index (χ2v) is 8.75. The Kier molecular flexibility index (Phi) is 3.58. The Balaban J connectivity index is 1.99. The fourth-order valence-corrected chi connectivity index (χ4v) is 5.87. The van der Waals surface area contributed by atoms with Crippen molar-refractivity contribution in [1.29, 1.82) is 0 Å². The van der Waals surface area contributed by atoms with Crippen LogP contribution in [0.4, 0.5) is 0 Å². The minimum Gasteiger partial charge on any atom is -0.481 e. The van der Waals surface area contributed by atoms with Crippen LogP contribution in [0.15, 0.2) is 24.3 Å². The van der Waals surface area contributed by atoms with E-state index in [1.807, 2.05) is 6.92 Å². The van der Waals surface area contributed by atoms with Crippen molar-refractivity contribution in [3.63, 3.8) is 0 Å². The maximum atomic E-state index is 11.9. The lowest BCUT2D eigenvalue weighted by atomic mass is 9.46. The first-order chi connectivity index (χ1) is 10.3. The van der Waals surface area contributed by atoms with Crippen molar-refractivity contribution < 1.29 is 9.90 Å². The second-order valence-electron chi connectivity index (χ2n) is 8.75. The van der Waals surface area contributed by atoms with Crippen LogP contribution in [0, 0.1) is 28.1 Å². The van der Waals surface area contributed by atoms with Crippen LogP contribution in [-0.2, 0) is 4.79 Å². The number of carboxylic acids is 1. The molecule has 1 N–H and O–H groups in total. The molecule has 0 aromatic heterocycles. The zero-order chi connectivity index (χ0) is 16.2. The highest BCUT2D eigenvalue weighted by molar-refractivity contribution is 5.75. The van der Waals surface area contributed by atoms with Gasteiger partial charge in [-0.05, 0) is 68.1 Å². The number of fused-ring (bicyclic) bond motifs is 3. The van der Waals surface area contributed by atoms with Gasteiger partial charge in [0, 0.05) is 0 Å². The van der Waals surface area contributed by atoms with E-state index in [0.29, 0.717) is 11.8 Å². The van der Waals surface area contributed by atoms with Crippen LogP contribution < -0.4 is 0 Å². The summed E-state index contributed by atoms with van der Waals surface area (Å²) in [5.41, 5.74) is 1.35. The highest BCUT2D eigenvalue weighted by Gasteiger charge is 2.57. The molecule has 0 saturated heterocycles. The maximum Gasteiger partial charge on any atom is 0.309 e. The molecule has 3 aliphatic carbocycles. The van der Waals surface area contributed by atoms with Gasteiger partial charge >= 0.3 is 5.97 Å². The molecule has 0 bridgehead atoms. The van der Waals surface area contributed by atoms with Gasteiger partial charge in [0.2, 0.25) is 0 Å². The Morgan fingerprint density at radius 3 is 2.68 bits per heavy atom. The summed E-state index contributed by atoms with van der Waals surface area (Å²) in [4.78, 5) is 11.9. The summed E-state index contributed by atoms with van der Waals surface area (Å²) in [5.74, 6) is 0.338. The summed E-state index contributed by atoms with van der Waals surface area (Å²) < 4.78 is 0. The lowest BCUT2D eigenvalue weighted by Gasteiger charge is -2.58. The Morgan fingerprint density at radius 1 is 1.32 bits per heavy atom. The third-order valence-corrected chi connectivity index (χ3v) is 7.32. The van der Waals surface area contributed by atoms with Crippen molar-refractivity contribution in [3.8, 4) is 0 Å². The fourth-order valence-electron chi connectivity index (χ4n) is 5.87. The zero-order valence-electron chi connectivity index (χ0n) is 14.3. The number of rotatable bonds is 2. The van der Waals surface area contributed by atoms with E-state index in [1.165, 1.54) is 6.42 Å². The summed E-state index contributed by atoms with van der Waals surface area (Å²) in [6, 6.07) is 0. The van der Waals surface area contributed by atoms with Crippen molar-refractivity contribution in [2.45, 2.75) is 65.7 Å². The van der Waals surface area contributed by atoms with Gasteiger partial charge in [-0.2, -0.15) is 0 Å². The third-order valence-electron chi connectivity index (χ3n) is 7.32. The summed E-state index contributed by atoms with van der Waals surface area (Å²) in [5, 5.41) is 9.84. The van der Waals surface area contributed by atoms with Crippen molar-refractivity contribution in [2.75, 3.05) is 0 Å². The summed E-state index contributed by atoms with van der Waals surface area (Å²) in [6.45, 7) is 10.7. The molecule has 5 atom stereocenters. The molecule has 0 aromatic carbocycles. The highest BCUT2D eigenvalue weighted by atomic mass is 16.4. The summed E-state index contributed by atoms with van der Waals surface area (Å²) >= 11 is 0. The molecule has 22 heavy (non-hydrogen) atoms. The molecule has 122 valence electrons. The molecule has 0 spiro atoms. The SMILES string of the molecule is C=C[C@]1(C)CC=C2[C@H](CC[C@@H]3[C@](C)(C(=O)O)CCC[C@]23C)C1. The van der Waals surface area contributed by atoms with E-state index in [9.17, 15) is 9.90 Å². The van der Waals surface area contributed by atoms with E-state index in [-0.39, 0.29) is 10.8 Å². The van der Waals surface area contributed by atoms with Crippen LogP contribution >= 0.6 is 0 Å². The lowest BCUT2D eigenvalue weighted by molar-refractivity contribution is -0.160. The molecular weight excluding hydrogens is 272 g/mol. The Bertz CT molecular complexity index is 534. The standard InChI is InChI=1S/C20H30O2/c1-5-18(2)12-9-15-14(13-18)7-8-16-19(15,3)10-6-11-20(16,4)17(21)22/h5,9,14,16H,1,6-8,10-13H2,2-4H3,(H,21,22)/t14-,16+,18-,19-,20-/m1/s1. The Hall–Kier alpha value is -1.05. The van der Waals surface area contributed by atoms with Crippen molar-refractivity contribution in [1.82, 2.24) is 0 Å². The van der Waals surface area contributed by atoms with E-state index in [1.54, 1.807) is 5.57 Å². The molecule has 2 heteroatoms. The second kappa shape index (κ2) is 4.97. The number of carbonyl (C=O) groups is 1. The monoisotopic (exact) mass is 302 g/mol. The van der Waals surface area contributed by atoms with E-state index < -0.39 is 11.4 Å². The average Bonchev–Trinajstić information content (AvgIpc) is 2.46. The normalized spacial score (nSPS) is 47.9. The number of hydrogen-bond acceptors (Lipinski definition) is 1. The molecule has 0 aliphatic heterocycles. The molecule has 0 amide bonds.